The van der Waals surface area contributed by atoms with Gasteiger partial charge in [0.2, 0.25) is 0 Å². The molecule has 5 heteroatoms. The van der Waals surface area contributed by atoms with E-state index in [9.17, 15) is 0 Å². The lowest BCUT2D eigenvalue weighted by Crippen LogP contribution is -1.87. The number of rotatable bonds is 4. The fraction of sp³-hybridized carbons (Fsp3) is 0.714. The van der Waals surface area contributed by atoms with Gasteiger partial charge < -0.3 is 0 Å². The van der Waals surface area contributed by atoms with Gasteiger partial charge in [0.15, 0.2) is 4.34 Å². The van der Waals surface area contributed by atoms with Crippen molar-refractivity contribution in [3.05, 3.63) is 5.01 Å². The van der Waals surface area contributed by atoms with Crippen LogP contribution >= 0.6 is 32.9 Å². The Morgan fingerprint density at radius 1 is 1.50 bits per heavy atom. The van der Waals surface area contributed by atoms with Crippen LogP contribution in [0, 0.1) is 6.92 Å². The SMILES string of the molecule is CCC(C)SSc1nnc(C)s1. The van der Waals surface area contributed by atoms with Crippen LogP contribution < -0.4 is 0 Å². The third-order valence-corrected chi connectivity index (χ3v) is 5.55. The second-order valence-corrected chi connectivity index (χ2v) is 6.55. The van der Waals surface area contributed by atoms with Gasteiger partial charge in [-0.05, 0) is 24.1 Å². The molecule has 0 aromatic carbocycles. The molecule has 0 spiro atoms. The second kappa shape index (κ2) is 5.09. The van der Waals surface area contributed by atoms with Gasteiger partial charge in [-0.2, -0.15) is 0 Å². The van der Waals surface area contributed by atoms with E-state index in [0.717, 1.165) is 9.35 Å². The van der Waals surface area contributed by atoms with E-state index in [-0.39, 0.29) is 0 Å². The Morgan fingerprint density at radius 2 is 2.25 bits per heavy atom. The van der Waals surface area contributed by atoms with Gasteiger partial charge in [0, 0.05) is 5.25 Å². The zero-order valence-electron chi connectivity index (χ0n) is 7.40. The van der Waals surface area contributed by atoms with Crippen molar-refractivity contribution in [3.63, 3.8) is 0 Å². The molecular weight excluding hydrogens is 208 g/mol. The number of nitrogens with zero attached hydrogens (tertiary/aromatic N) is 2. The van der Waals surface area contributed by atoms with Crippen molar-refractivity contribution < 1.29 is 0 Å². The molecule has 1 rings (SSSR count). The van der Waals surface area contributed by atoms with Crippen molar-refractivity contribution in [2.24, 2.45) is 0 Å². The van der Waals surface area contributed by atoms with Crippen LogP contribution in [0.15, 0.2) is 4.34 Å². The van der Waals surface area contributed by atoms with Crippen LogP contribution in [0.3, 0.4) is 0 Å². The third-order valence-electron chi connectivity index (χ3n) is 1.37. The summed E-state index contributed by atoms with van der Waals surface area (Å²) in [5, 5.41) is 9.72. The summed E-state index contributed by atoms with van der Waals surface area (Å²) in [6.45, 7) is 6.41. The summed E-state index contributed by atoms with van der Waals surface area (Å²) in [5.41, 5.74) is 0. The van der Waals surface area contributed by atoms with E-state index >= 15 is 0 Å². The molecule has 12 heavy (non-hydrogen) atoms. The molecule has 2 nitrogen and oxygen atoms in total. The molecule has 1 unspecified atom stereocenters. The molecule has 0 fully saturated rings. The van der Waals surface area contributed by atoms with Gasteiger partial charge in [0.05, 0.1) is 0 Å². The van der Waals surface area contributed by atoms with Crippen LogP contribution in [0.2, 0.25) is 0 Å². The normalized spacial score (nSPS) is 13.2. The maximum absolute atomic E-state index is 4.03. The first-order valence-corrected chi connectivity index (χ1v) is 6.88. The van der Waals surface area contributed by atoms with Gasteiger partial charge in [0.1, 0.15) is 5.01 Å². The highest BCUT2D eigenvalue weighted by Crippen LogP contribution is 2.36. The first kappa shape index (κ1) is 10.3. The minimum atomic E-state index is 0.694. The Kier molecular flexibility index (Phi) is 4.39. The van der Waals surface area contributed by atoms with Gasteiger partial charge in [0.25, 0.3) is 0 Å². The number of hydrogen-bond donors (Lipinski definition) is 0. The second-order valence-electron chi connectivity index (χ2n) is 2.49. The largest absolute Gasteiger partial charge is 0.184 e. The predicted molar refractivity (Wildman–Crippen MR) is 57.8 cm³/mol. The zero-order chi connectivity index (χ0) is 8.97. The summed E-state index contributed by atoms with van der Waals surface area (Å²) in [6, 6.07) is 0. The minimum Gasteiger partial charge on any atom is -0.143 e. The molecule has 0 radical (unpaired) electrons. The van der Waals surface area contributed by atoms with E-state index in [1.807, 2.05) is 17.7 Å². The summed E-state index contributed by atoms with van der Waals surface area (Å²) in [5.74, 6) is 0. The average molecular weight is 220 g/mol. The Hall–Kier alpha value is 0.260. The van der Waals surface area contributed by atoms with Gasteiger partial charge in [-0.1, -0.05) is 36.0 Å². The lowest BCUT2D eigenvalue weighted by atomic mass is 10.4. The smallest absolute Gasteiger partial charge is 0.143 e. The Labute approximate surface area is 85.0 Å². The molecule has 0 saturated carbocycles. The molecule has 0 amide bonds. The van der Waals surface area contributed by atoms with Crippen molar-refractivity contribution in [1.82, 2.24) is 10.2 Å². The summed E-state index contributed by atoms with van der Waals surface area (Å²) in [4.78, 5) is 0. The van der Waals surface area contributed by atoms with Crippen molar-refractivity contribution in [1.29, 1.82) is 0 Å². The molecular formula is C7H12N2S3. The van der Waals surface area contributed by atoms with Crippen LogP contribution in [0.1, 0.15) is 25.3 Å². The van der Waals surface area contributed by atoms with Crippen LogP contribution in [-0.4, -0.2) is 15.4 Å². The average Bonchev–Trinajstić information content (AvgIpc) is 2.47. The monoisotopic (exact) mass is 220 g/mol. The summed E-state index contributed by atoms with van der Waals surface area (Å²) in [7, 11) is 3.60. The maximum atomic E-state index is 4.03. The number of aromatic nitrogens is 2. The highest BCUT2D eigenvalue weighted by atomic mass is 33.1. The van der Waals surface area contributed by atoms with Crippen LogP contribution in [0.25, 0.3) is 0 Å². The fourth-order valence-corrected chi connectivity index (χ4v) is 3.78. The molecule has 1 aromatic rings. The lowest BCUT2D eigenvalue weighted by molar-refractivity contribution is 0.912. The molecule has 0 bridgehead atoms. The Morgan fingerprint density at radius 3 is 2.75 bits per heavy atom. The molecule has 0 N–H and O–H groups in total. The molecule has 1 atom stereocenters. The highest BCUT2D eigenvalue weighted by molar-refractivity contribution is 8.77. The lowest BCUT2D eigenvalue weighted by Gasteiger charge is -2.03. The first-order chi connectivity index (χ1) is 5.72. The van der Waals surface area contributed by atoms with Gasteiger partial charge in [-0.3, -0.25) is 0 Å². The summed E-state index contributed by atoms with van der Waals surface area (Å²) < 4.78 is 1.07. The number of aryl methyl sites for hydroxylation is 1. The van der Waals surface area contributed by atoms with E-state index < -0.39 is 0 Å². The van der Waals surface area contributed by atoms with Crippen molar-refractivity contribution >= 4 is 32.9 Å². The fourth-order valence-electron chi connectivity index (χ4n) is 0.503. The topological polar surface area (TPSA) is 25.8 Å². The van der Waals surface area contributed by atoms with Crippen molar-refractivity contribution in [2.45, 2.75) is 36.8 Å². The quantitative estimate of drug-likeness (QED) is 0.726. The van der Waals surface area contributed by atoms with E-state index in [1.165, 1.54) is 6.42 Å². The zero-order valence-corrected chi connectivity index (χ0v) is 9.85. The Bertz CT molecular complexity index is 236. The third kappa shape index (κ3) is 3.33. The maximum Gasteiger partial charge on any atom is 0.184 e. The molecule has 0 aliphatic rings. The molecule has 68 valence electrons. The molecule has 1 aromatic heterocycles. The molecule has 0 aliphatic heterocycles. The van der Waals surface area contributed by atoms with Gasteiger partial charge >= 0.3 is 0 Å². The van der Waals surface area contributed by atoms with Crippen molar-refractivity contribution in [2.75, 3.05) is 0 Å². The Balaban J connectivity index is 2.33. The van der Waals surface area contributed by atoms with E-state index in [1.54, 1.807) is 22.1 Å². The van der Waals surface area contributed by atoms with Crippen LogP contribution in [-0.2, 0) is 0 Å². The molecule has 1 heterocycles. The van der Waals surface area contributed by atoms with E-state index in [2.05, 4.69) is 24.0 Å². The summed E-state index contributed by atoms with van der Waals surface area (Å²) in [6.07, 6.45) is 1.20. The van der Waals surface area contributed by atoms with Crippen molar-refractivity contribution in [3.8, 4) is 0 Å². The van der Waals surface area contributed by atoms with Crippen LogP contribution in [0.4, 0.5) is 0 Å². The van der Waals surface area contributed by atoms with E-state index in [0.29, 0.717) is 5.25 Å². The van der Waals surface area contributed by atoms with Gasteiger partial charge in [-0.25, -0.2) is 0 Å². The standard InChI is InChI=1S/C7H12N2S3/c1-4-5(2)11-12-7-9-8-6(3)10-7/h5H,4H2,1-3H3. The highest BCUT2D eigenvalue weighted by Gasteiger charge is 2.04. The first-order valence-electron chi connectivity index (χ1n) is 3.85. The predicted octanol–water partition coefficient (Wildman–Crippen LogP) is 3.39. The van der Waals surface area contributed by atoms with Crippen LogP contribution in [0.5, 0.6) is 0 Å². The number of hydrogen-bond acceptors (Lipinski definition) is 5. The van der Waals surface area contributed by atoms with E-state index in [4.69, 9.17) is 0 Å². The molecule has 0 aliphatic carbocycles. The molecule has 0 saturated heterocycles. The van der Waals surface area contributed by atoms with Gasteiger partial charge in [-0.15, -0.1) is 10.2 Å². The minimum absolute atomic E-state index is 0.694. The summed E-state index contributed by atoms with van der Waals surface area (Å²) >= 11 is 1.66.